The molecule has 1 saturated heterocycles. The minimum atomic E-state index is 0.247. The van der Waals surface area contributed by atoms with Gasteiger partial charge in [-0.15, -0.1) is 0 Å². The number of aromatic nitrogens is 3. The van der Waals surface area contributed by atoms with Gasteiger partial charge in [0.05, 0.1) is 18.9 Å². The molecule has 0 atom stereocenters. The molecule has 136 valence electrons. The average Bonchev–Trinajstić information content (AvgIpc) is 2.74. The van der Waals surface area contributed by atoms with Gasteiger partial charge in [0, 0.05) is 31.0 Å². The summed E-state index contributed by atoms with van der Waals surface area (Å²) in [6.07, 6.45) is 3.39. The van der Waals surface area contributed by atoms with Gasteiger partial charge in [-0.25, -0.2) is 15.0 Å². The third-order valence-corrected chi connectivity index (χ3v) is 4.59. The van der Waals surface area contributed by atoms with E-state index in [1.165, 1.54) is 0 Å². The molecule has 2 N–H and O–H groups in total. The Balaban J connectivity index is 1.78. The molecule has 27 heavy (non-hydrogen) atoms. The molecule has 0 aliphatic carbocycles. The highest BCUT2D eigenvalue weighted by molar-refractivity contribution is 5.81. The Bertz CT molecular complexity index is 935. The van der Waals surface area contributed by atoms with E-state index in [-0.39, 0.29) is 5.95 Å². The summed E-state index contributed by atoms with van der Waals surface area (Å²) in [6, 6.07) is 14.3. The maximum absolute atomic E-state index is 5.63. The second-order valence-corrected chi connectivity index (χ2v) is 6.37. The van der Waals surface area contributed by atoms with Gasteiger partial charge in [0.15, 0.2) is 0 Å². The molecule has 0 radical (unpaired) electrons. The van der Waals surface area contributed by atoms with Gasteiger partial charge in [0.25, 0.3) is 0 Å². The Morgan fingerprint density at radius 1 is 1.00 bits per heavy atom. The summed E-state index contributed by atoms with van der Waals surface area (Å²) in [6.45, 7) is 7.33. The van der Waals surface area contributed by atoms with Crippen molar-refractivity contribution >= 4 is 17.3 Å². The standard InChI is InChI=1S/C21H21N5O/c1-15(16-5-3-2-4-6-16)17-11-19(18-13-23-21(22)24-14-18)25-20(12-17)26-7-9-27-10-8-26/h2-6,11-14H,1,7-10H2,(H2,22,23,24). The number of nitrogens with two attached hydrogens (primary N) is 1. The van der Waals surface area contributed by atoms with E-state index < -0.39 is 0 Å². The first kappa shape index (κ1) is 17.2. The number of pyridine rings is 1. The Morgan fingerprint density at radius 2 is 1.70 bits per heavy atom. The number of nitrogen functional groups attached to an aromatic ring is 1. The first-order valence-electron chi connectivity index (χ1n) is 8.88. The van der Waals surface area contributed by atoms with Crippen LogP contribution in [0.2, 0.25) is 0 Å². The fraction of sp³-hybridized carbons (Fsp3) is 0.190. The van der Waals surface area contributed by atoms with E-state index in [1.807, 2.05) is 24.3 Å². The molecular weight excluding hydrogens is 338 g/mol. The molecular formula is C21H21N5O. The Hall–Kier alpha value is -3.25. The lowest BCUT2D eigenvalue weighted by Gasteiger charge is -2.28. The molecule has 4 rings (SSSR count). The Labute approximate surface area is 158 Å². The second-order valence-electron chi connectivity index (χ2n) is 6.37. The smallest absolute Gasteiger partial charge is 0.219 e. The molecule has 6 heteroatoms. The lowest BCUT2D eigenvalue weighted by Crippen LogP contribution is -2.36. The van der Waals surface area contributed by atoms with Gasteiger partial charge in [0.2, 0.25) is 5.95 Å². The number of morpholine rings is 1. The van der Waals surface area contributed by atoms with Crippen molar-refractivity contribution in [3.8, 4) is 11.3 Å². The van der Waals surface area contributed by atoms with E-state index in [2.05, 4.69) is 39.6 Å². The molecule has 3 aromatic rings. The third-order valence-electron chi connectivity index (χ3n) is 4.59. The third kappa shape index (κ3) is 3.80. The highest BCUT2D eigenvalue weighted by Gasteiger charge is 2.16. The van der Waals surface area contributed by atoms with E-state index in [9.17, 15) is 0 Å². The van der Waals surface area contributed by atoms with Gasteiger partial charge >= 0.3 is 0 Å². The molecule has 1 fully saturated rings. The molecule has 0 amide bonds. The zero-order valence-corrected chi connectivity index (χ0v) is 15.0. The first-order chi connectivity index (χ1) is 13.2. The summed E-state index contributed by atoms with van der Waals surface area (Å²) in [4.78, 5) is 15.3. The molecule has 1 aromatic carbocycles. The molecule has 0 unspecified atom stereocenters. The zero-order chi connectivity index (χ0) is 18.6. The van der Waals surface area contributed by atoms with E-state index >= 15 is 0 Å². The second kappa shape index (κ2) is 7.55. The lowest BCUT2D eigenvalue weighted by atomic mass is 9.98. The molecule has 2 aromatic heterocycles. The first-order valence-corrected chi connectivity index (χ1v) is 8.88. The number of hydrogen-bond acceptors (Lipinski definition) is 6. The fourth-order valence-corrected chi connectivity index (χ4v) is 3.07. The van der Waals surface area contributed by atoms with Crippen molar-refractivity contribution in [3.63, 3.8) is 0 Å². The van der Waals surface area contributed by atoms with Gasteiger partial charge in [-0.05, 0) is 28.8 Å². The number of nitrogens with zero attached hydrogens (tertiary/aromatic N) is 4. The van der Waals surface area contributed by atoms with Crippen LogP contribution in [0.4, 0.5) is 11.8 Å². The van der Waals surface area contributed by atoms with Crippen LogP contribution >= 0.6 is 0 Å². The molecule has 6 nitrogen and oxygen atoms in total. The van der Waals surface area contributed by atoms with Crippen molar-refractivity contribution in [1.29, 1.82) is 0 Å². The summed E-state index contributed by atoms with van der Waals surface area (Å²) in [5.41, 5.74) is 10.3. The minimum absolute atomic E-state index is 0.247. The average molecular weight is 359 g/mol. The quantitative estimate of drug-likeness (QED) is 0.772. The van der Waals surface area contributed by atoms with Crippen LogP contribution < -0.4 is 10.6 Å². The zero-order valence-electron chi connectivity index (χ0n) is 15.0. The number of hydrogen-bond donors (Lipinski definition) is 1. The minimum Gasteiger partial charge on any atom is -0.378 e. The van der Waals surface area contributed by atoms with Gasteiger partial charge in [-0.1, -0.05) is 36.9 Å². The molecule has 1 aliphatic heterocycles. The van der Waals surface area contributed by atoms with Crippen LogP contribution in [0.5, 0.6) is 0 Å². The van der Waals surface area contributed by atoms with Crippen molar-refractivity contribution in [2.24, 2.45) is 0 Å². The predicted molar refractivity (Wildman–Crippen MR) is 107 cm³/mol. The number of rotatable bonds is 4. The van der Waals surface area contributed by atoms with Crippen molar-refractivity contribution in [3.05, 3.63) is 72.6 Å². The van der Waals surface area contributed by atoms with Crippen LogP contribution in [0.1, 0.15) is 11.1 Å². The highest BCUT2D eigenvalue weighted by Crippen LogP contribution is 2.29. The van der Waals surface area contributed by atoms with E-state index in [4.69, 9.17) is 15.5 Å². The van der Waals surface area contributed by atoms with Crippen molar-refractivity contribution < 1.29 is 4.74 Å². The highest BCUT2D eigenvalue weighted by atomic mass is 16.5. The summed E-state index contributed by atoms with van der Waals surface area (Å²) >= 11 is 0. The SMILES string of the molecule is C=C(c1ccccc1)c1cc(-c2cnc(N)nc2)nc(N2CCOCC2)c1. The van der Waals surface area contributed by atoms with Crippen LogP contribution in [0, 0.1) is 0 Å². The maximum Gasteiger partial charge on any atom is 0.219 e. The van der Waals surface area contributed by atoms with Gasteiger partial charge in [0.1, 0.15) is 5.82 Å². The van der Waals surface area contributed by atoms with Crippen molar-refractivity contribution in [2.75, 3.05) is 36.9 Å². The Morgan fingerprint density at radius 3 is 2.41 bits per heavy atom. The predicted octanol–water partition coefficient (Wildman–Crippen LogP) is 3.02. The van der Waals surface area contributed by atoms with Crippen molar-refractivity contribution in [2.45, 2.75) is 0 Å². The largest absolute Gasteiger partial charge is 0.378 e. The number of anilines is 2. The fourth-order valence-electron chi connectivity index (χ4n) is 3.07. The van der Waals surface area contributed by atoms with Crippen LogP contribution in [-0.4, -0.2) is 41.3 Å². The molecule has 0 saturated carbocycles. The summed E-state index contributed by atoms with van der Waals surface area (Å²) in [5, 5.41) is 0. The number of benzene rings is 1. The van der Waals surface area contributed by atoms with Gasteiger partial charge in [-0.2, -0.15) is 0 Å². The number of ether oxygens (including phenoxy) is 1. The molecule has 3 heterocycles. The van der Waals surface area contributed by atoms with Crippen LogP contribution in [0.3, 0.4) is 0 Å². The molecule has 0 spiro atoms. The summed E-state index contributed by atoms with van der Waals surface area (Å²) in [5.74, 6) is 1.15. The van der Waals surface area contributed by atoms with Gasteiger partial charge in [-0.3, -0.25) is 0 Å². The monoisotopic (exact) mass is 359 g/mol. The molecule has 1 aliphatic rings. The van der Waals surface area contributed by atoms with E-state index in [0.717, 1.165) is 46.9 Å². The van der Waals surface area contributed by atoms with E-state index in [0.29, 0.717) is 13.2 Å². The topological polar surface area (TPSA) is 77.2 Å². The summed E-state index contributed by atoms with van der Waals surface area (Å²) in [7, 11) is 0. The van der Waals surface area contributed by atoms with Crippen LogP contribution in [0.25, 0.3) is 16.8 Å². The van der Waals surface area contributed by atoms with Crippen LogP contribution in [0.15, 0.2) is 61.4 Å². The molecule has 0 bridgehead atoms. The van der Waals surface area contributed by atoms with Gasteiger partial charge < -0.3 is 15.4 Å². The summed E-state index contributed by atoms with van der Waals surface area (Å²) < 4.78 is 5.48. The van der Waals surface area contributed by atoms with E-state index in [1.54, 1.807) is 12.4 Å². The normalized spacial score (nSPS) is 14.1. The lowest BCUT2D eigenvalue weighted by molar-refractivity contribution is 0.122. The maximum atomic E-state index is 5.63. The van der Waals surface area contributed by atoms with Crippen LogP contribution in [-0.2, 0) is 4.74 Å². The Kier molecular flexibility index (Phi) is 4.80. The van der Waals surface area contributed by atoms with Crippen molar-refractivity contribution in [1.82, 2.24) is 15.0 Å².